The minimum atomic E-state index is -0.0684. The number of hydrogen-bond donors (Lipinski definition) is 0. The molecule has 0 aliphatic carbocycles. The third-order valence-electron chi connectivity index (χ3n) is 4.55. The lowest BCUT2D eigenvalue weighted by molar-refractivity contribution is 0.803. The maximum atomic E-state index is 13.2. The molecule has 2 heterocycles. The molecule has 4 aromatic rings. The molecular weight excluding hydrogens is 358 g/mol. The number of benzene rings is 2. The van der Waals surface area contributed by atoms with Gasteiger partial charge >= 0.3 is 0 Å². The first kappa shape index (κ1) is 17.5. The molecule has 0 amide bonds. The molecule has 0 aliphatic heterocycles. The molecular formula is C20H19N5OS. The summed E-state index contributed by atoms with van der Waals surface area (Å²) < 4.78 is 3.62. The average Bonchev–Trinajstić information content (AvgIpc) is 2.99. The van der Waals surface area contributed by atoms with Gasteiger partial charge in [-0.15, -0.1) is 10.2 Å². The van der Waals surface area contributed by atoms with E-state index in [2.05, 4.69) is 10.2 Å². The smallest absolute Gasteiger partial charge is 0.266 e. The van der Waals surface area contributed by atoms with Crippen molar-refractivity contribution in [2.24, 2.45) is 7.05 Å². The molecule has 4 rings (SSSR count). The van der Waals surface area contributed by atoms with Crippen molar-refractivity contribution in [1.29, 1.82) is 0 Å². The highest BCUT2D eigenvalue weighted by Crippen LogP contribution is 2.24. The second-order valence-electron chi connectivity index (χ2n) is 6.40. The van der Waals surface area contributed by atoms with Gasteiger partial charge in [0.25, 0.3) is 5.56 Å². The molecule has 2 aromatic carbocycles. The van der Waals surface area contributed by atoms with Crippen molar-refractivity contribution in [1.82, 2.24) is 24.3 Å². The van der Waals surface area contributed by atoms with Gasteiger partial charge in [-0.3, -0.25) is 9.36 Å². The van der Waals surface area contributed by atoms with Crippen LogP contribution in [0, 0.1) is 13.8 Å². The monoisotopic (exact) mass is 377 g/mol. The standard InChI is InChI=1S/C20H19N5OS/c1-13-8-10-15(11-9-13)25-19(26)16-6-4-5-7-17(16)21-20(25)27-12-18-23-22-14(2)24(18)3/h4-11H,12H2,1-3H3. The lowest BCUT2D eigenvalue weighted by Crippen LogP contribution is -2.21. The van der Waals surface area contributed by atoms with E-state index < -0.39 is 0 Å². The zero-order chi connectivity index (χ0) is 19.0. The number of thioether (sulfide) groups is 1. The van der Waals surface area contributed by atoms with Gasteiger partial charge in [0, 0.05) is 7.05 Å². The van der Waals surface area contributed by atoms with Gasteiger partial charge in [0.2, 0.25) is 0 Å². The van der Waals surface area contributed by atoms with Gasteiger partial charge in [0.15, 0.2) is 5.16 Å². The molecule has 0 unspecified atom stereocenters. The Morgan fingerprint density at radius 1 is 1.00 bits per heavy atom. The summed E-state index contributed by atoms with van der Waals surface area (Å²) in [5.41, 5.74) is 2.58. The lowest BCUT2D eigenvalue weighted by Gasteiger charge is -2.13. The van der Waals surface area contributed by atoms with Crippen LogP contribution in [-0.4, -0.2) is 24.3 Å². The Bertz CT molecular complexity index is 1180. The number of hydrogen-bond acceptors (Lipinski definition) is 5. The van der Waals surface area contributed by atoms with Gasteiger partial charge in [-0.25, -0.2) is 4.98 Å². The van der Waals surface area contributed by atoms with Crippen LogP contribution in [0.2, 0.25) is 0 Å². The molecule has 136 valence electrons. The van der Waals surface area contributed by atoms with E-state index in [4.69, 9.17) is 4.98 Å². The number of rotatable bonds is 4. The first-order chi connectivity index (χ1) is 13.0. The summed E-state index contributed by atoms with van der Waals surface area (Å²) >= 11 is 1.48. The fraction of sp³-hybridized carbons (Fsp3) is 0.200. The van der Waals surface area contributed by atoms with Crippen molar-refractivity contribution < 1.29 is 0 Å². The maximum absolute atomic E-state index is 13.2. The van der Waals surface area contributed by atoms with Gasteiger partial charge < -0.3 is 4.57 Å². The second-order valence-corrected chi connectivity index (χ2v) is 7.34. The van der Waals surface area contributed by atoms with Crippen LogP contribution in [0.25, 0.3) is 16.6 Å². The van der Waals surface area contributed by atoms with Crippen LogP contribution < -0.4 is 5.56 Å². The summed E-state index contributed by atoms with van der Waals surface area (Å²) in [6.07, 6.45) is 0. The van der Waals surface area contributed by atoms with Gasteiger partial charge in [-0.2, -0.15) is 0 Å². The second kappa shape index (κ2) is 7.00. The number of nitrogens with zero attached hydrogens (tertiary/aromatic N) is 5. The number of aromatic nitrogens is 5. The van der Waals surface area contributed by atoms with E-state index in [0.717, 1.165) is 22.9 Å². The molecule has 0 N–H and O–H groups in total. The highest BCUT2D eigenvalue weighted by Gasteiger charge is 2.15. The molecule has 6 nitrogen and oxygen atoms in total. The summed E-state index contributed by atoms with van der Waals surface area (Å²) in [6, 6.07) is 15.3. The predicted molar refractivity (Wildman–Crippen MR) is 107 cm³/mol. The van der Waals surface area contributed by atoms with E-state index in [-0.39, 0.29) is 5.56 Å². The SMILES string of the molecule is Cc1ccc(-n2c(SCc3nnc(C)n3C)nc3ccccc3c2=O)cc1. The van der Waals surface area contributed by atoms with E-state index in [0.29, 0.717) is 21.8 Å². The van der Waals surface area contributed by atoms with Crippen LogP contribution in [-0.2, 0) is 12.8 Å². The van der Waals surface area contributed by atoms with Crippen molar-refractivity contribution in [2.75, 3.05) is 0 Å². The first-order valence-corrected chi connectivity index (χ1v) is 9.59. The van der Waals surface area contributed by atoms with Crippen molar-refractivity contribution >= 4 is 22.7 Å². The van der Waals surface area contributed by atoms with Crippen LogP contribution >= 0.6 is 11.8 Å². The van der Waals surface area contributed by atoms with Crippen molar-refractivity contribution in [3.05, 3.63) is 76.1 Å². The quantitative estimate of drug-likeness (QED) is 0.403. The minimum absolute atomic E-state index is 0.0684. The fourth-order valence-corrected chi connectivity index (χ4v) is 3.83. The van der Waals surface area contributed by atoms with Crippen molar-refractivity contribution in [3.8, 4) is 5.69 Å². The minimum Gasteiger partial charge on any atom is -0.318 e. The summed E-state index contributed by atoms with van der Waals surface area (Å²) in [5.74, 6) is 2.27. The van der Waals surface area contributed by atoms with Crippen molar-refractivity contribution in [3.63, 3.8) is 0 Å². The summed E-state index contributed by atoms with van der Waals surface area (Å²) in [5, 5.41) is 9.55. The molecule has 7 heteroatoms. The highest BCUT2D eigenvalue weighted by molar-refractivity contribution is 7.98. The first-order valence-electron chi connectivity index (χ1n) is 8.61. The zero-order valence-corrected chi connectivity index (χ0v) is 16.2. The summed E-state index contributed by atoms with van der Waals surface area (Å²) in [4.78, 5) is 17.9. The number of para-hydroxylation sites is 1. The molecule has 0 saturated carbocycles. The van der Waals surface area contributed by atoms with Crippen molar-refractivity contribution in [2.45, 2.75) is 24.8 Å². The Hall–Kier alpha value is -2.93. The zero-order valence-electron chi connectivity index (χ0n) is 15.4. The van der Waals surface area contributed by atoms with Gasteiger partial charge in [0.1, 0.15) is 11.6 Å². The summed E-state index contributed by atoms with van der Waals surface area (Å²) in [6.45, 7) is 3.94. The average molecular weight is 377 g/mol. The molecule has 0 atom stereocenters. The molecule has 2 aromatic heterocycles. The van der Waals surface area contributed by atoms with Crippen LogP contribution in [0.4, 0.5) is 0 Å². The highest BCUT2D eigenvalue weighted by atomic mass is 32.2. The van der Waals surface area contributed by atoms with E-state index in [1.807, 2.05) is 74.0 Å². The van der Waals surface area contributed by atoms with E-state index in [1.165, 1.54) is 11.8 Å². The molecule has 0 bridgehead atoms. The topological polar surface area (TPSA) is 65.6 Å². The predicted octanol–water partition coefficient (Wildman–Crippen LogP) is 3.42. The van der Waals surface area contributed by atoms with E-state index in [1.54, 1.807) is 4.57 Å². The number of fused-ring (bicyclic) bond motifs is 1. The van der Waals surface area contributed by atoms with Crippen LogP contribution in [0.5, 0.6) is 0 Å². The Morgan fingerprint density at radius 2 is 1.74 bits per heavy atom. The molecule has 0 saturated heterocycles. The Balaban J connectivity index is 1.84. The van der Waals surface area contributed by atoms with Crippen LogP contribution in [0.15, 0.2) is 58.5 Å². The molecule has 0 fully saturated rings. The Morgan fingerprint density at radius 3 is 2.44 bits per heavy atom. The molecule has 0 spiro atoms. The molecule has 0 aliphatic rings. The van der Waals surface area contributed by atoms with E-state index in [9.17, 15) is 4.79 Å². The molecule has 0 radical (unpaired) electrons. The summed E-state index contributed by atoms with van der Waals surface area (Å²) in [7, 11) is 1.94. The van der Waals surface area contributed by atoms with Gasteiger partial charge in [-0.1, -0.05) is 41.6 Å². The normalized spacial score (nSPS) is 11.2. The number of aryl methyl sites for hydroxylation is 2. The van der Waals surface area contributed by atoms with E-state index >= 15 is 0 Å². The third-order valence-corrected chi connectivity index (χ3v) is 5.48. The van der Waals surface area contributed by atoms with Crippen LogP contribution in [0.1, 0.15) is 17.2 Å². The fourth-order valence-electron chi connectivity index (χ4n) is 2.84. The Labute approximate surface area is 160 Å². The lowest BCUT2D eigenvalue weighted by atomic mass is 10.2. The molecule has 27 heavy (non-hydrogen) atoms. The maximum Gasteiger partial charge on any atom is 0.266 e. The third kappa shape index (κ3) is 3.26. The van der Waals surface area contributed by atoms with Crippen LogP contribution in [0.3, 0.4) is 0 Å². The van der Waals surface area contributed by atoms with Gasteiger partial charge in [0.05, 0.1) is 22.3 Å². The Kier molecular flexibility index (Phi) is 4.53. The van der Waals surface area contributed by atoms with Gasteiger partial charge in [-0.05, 0) is 38.1 Å². The largest absolute Gasteiger partial charge is 0.318 e.